The first-order valence-electron chi connectivity index (χ1n) is 8.10. The van der Waals surface area contributed by atoms with E-state index < -0.39 is 0 Å². The Morgan fingerprint density at radius 3 is 2.50 bits per heavy atom. The molecule has 0 amide bonds. The normalized spacial score (nSPS) is 18.3. The molecule has 0 atom stereocenters. The Hall–Kier alpha value is -2.16. The van der Waals surface area contributed by atoms with Gasteiger partial charge in [-0.25, -0.2) is 0 Å². The Balaban J connectivity index is 1.46. The van der Waals surface area contributed by atoms with Gasteiger partial charge in [0.15, 0.2) is 0 Å². The van der Waals surface area contributed by atoms with E-state index in [1.165, 1.54) is 31.4 Å². The smallest absolute Gasteiger partial charge is 0.142 e. The topological polar surface area (TPSA) is 34.5 Å². The van der Waals surface area contributed by atoms with Crippen molar-refractivity contribution >= 4 is 5.71 Å². The van der Waals surface area contributed by atoms with Gasteiger partial charge in [0, 0.05) is 29.3 Å². The molecule has 0 spiro atoms. The van der Waals surface area contributed by atoms with Crippen LogP contribution in [0.4, 0.5) is 0 Å². The average Bonchev–Trinajstić information content (AvgIpc) is 3.46. The number of pyridine rings is 1. The monoisotopic (exact) mass is 292 g/mol. The van der Waals surface area contributed by atoms with Crippen LogP contribution in [0.3, 0.4) is 0 Å². The quantitative estimate of drug-likeness (QED) is 0.588. The fourth-order valence-corrected chi connectivity index (χ4v) is 2.65. The van der Waals surface area contributed by atoms with Crippen molar-refractivity contribution in [1.29, 1.82) is 0 Å². The third kappa shape index (κ3) is 3.19. The van der Waals surface area contributed by atoms with Crippen LogP contribution in [0.1, 0.15) is 48.4 Å². The van der Waals surface area contributed by atoms with Crippen molar-refractivity contribution in [3.05, 3.63) is 65.5 Å². The molecule has 3 nitrogen and oxygen atoms in total. The first-order valence-corrected chi connectivity index (χ1v) is 8.10. The molecule has 2 aromatic rings. The van der Waals surface area contributed by atoms with Crippen LogP contribution >= 0.6 is 0 Å². The minimum Gasteiger partial charge on any atom is -0.391 e. The van der Waals surface area contributed by atoms with Crippen molar-refractivity contribution in [3.63, 3.8) is 0 Å². The van der Waals surface area contributed by atoms with E-state index in [0.717, 1.165) is 16.8 Å². The van der Waals surface area contributed by atoms with Crippen molar-refractivity contribution in [2.24, 2.45) is 11.1 Å². The van der Waals surface area contributed by atoms with Gasteiger partial charge in [0.2, 0.25) is 0 Å². The van der Waals surface area contributed by atoms with Crippen LogP contribution in [0.5, 0.6) is 0 Å². The second kappa shape index (κ2) is 5.91. The molecule has 0 radical (unpaired) electrons. The van der Waals surface area contributed by atoms with E-state index in [-0.39, 0.29) is 0 Å². The molecule has 3 heteroatoms. The van der Waals surface area contributed by atoms with E-state index in [4.69, 9.17) is 4.84 Å². The maximum atomic E-state index is 5.59. The maximum absolute atomic E-state index is 5.59. The minimum absolute atomic E-state index is 0.518. The van der Waals surface area contributed by atoms with Crippen LogP contribution < -0.4 is 0 Å². The molecule has 1 aromatic heterocycles. The molecule has 2 saturated carbocycles. The largest absolute Gasteiger partial charge is 0.391 e. The molecule has 2 aliphatic carbocycles. The SMILES string of the molecule is c1ccc(CO/N=C(/c2ccc(C3CC3)nc2)C2CC2)cc1. The molecule has 22 heavy (non-hydrogen) atoms. The van der Waals surface area contributed by atoms with Crippen molar-refractivity contribution < 1.29 is 4.84 Å². The summed E-state index contributed by atoms with van der Waals surface area (Å²) in [5.41, 5.74) is 4.54. The van der Waals surface area contributed by atoms with Gasteiger partial charge in [0.1, 0.15) is 6.61 Å². The lowest BCUT2D eigenvalue weighted by Gasteiger charge is -2.07. The van der Waals surface area contributed by atoms with Gasteiger partial charge in [-0.15, -0.1) is 0 Å². The van der Waals surface area contributed by atoms with Gasteiger partial charge >= 0.3 is 0 Å². The van der Waals surface area contributed by atoms with Crippen LogP contribution in [0.15, 0.2) is 53.8 Å². The first-order chi connectivity index (χ1) is 10.9. The second-order valence-electron chi connectivity index (χ2n) is 6.26. The van der Waals surface area contributed by atoms with E-state index in [1.54, 1.807) is 0 Å². The Kier molecular flexibility index (Phi) is 3.63. The molecule has 2 fully saturated rings. The molecule has 0 saturated heterocycles. The van der Waals surface area contributed by atoms with Crippen molar-refractivity contribution in [2.45, 2.75) is 38.2 Å². The van der Waals surface area contributed by atoms with Crippen LogP contribution in [0, 0.1) is 5.92 Å². The molecule has 0 N–H and O–H groups in total. The van der Waals surface area contributed by atoms with E-state index in [9.17, 15) is 0 Å². The predicted octanol–water partition coefficient (Wildman–Crippen LogP) is 4.29. The van der Waals surface area contributed by atoms with Gasteiger partial charge in [-0.2, -0.15) is 0 Å². The molecular formula is C19H20N2O. The Labute approximate surface area is 131 Å². The number of hydrogen-bond acceptors (Lipinski definition) is 3. The lowest BCUT2D eigenvalue weighted by Crippen LogP contribution is -2.06. The molecule has 0 aliphatic heterocycles. The van der Waals surface area contributed by atoms with Gasteiger partial charge in [0.05, 0.1) is 5.71 Å². The summed E-state index contributed by atoms with van der Waals surface area (Å²) in [4.78, 5) is 10.2. The Morgan fingerprint density at radius 1 is 1.05 bits per heavy atom. The van der Waals surface area contributed by atoms with E-state index in [0.29, 0.717) is 18.4 Å². The number of aromatic nitrogens is 1. The van der Waals surface area contributed by atoms with Crippen LogP contribution in [-0.4, -0.2) is 10.7 Å². The van der Waals surface area contributed by atoms with Gasteiger partial charge in [-0.1, -0.05) is 35.5 Å². The zero-order valence-electron chi connectivity index (χ0n) is 12.6. The highest BCUT2D eigenvalue weighted by Crippen LogP contribution is 2.39. The summed E-state index contributed by atoms with van der Waals surface area (Å²) < 4.78 is 0. The highest BCUT2D eigenvalue weighted by Gasteiger charge is 2.30. The minimum atomic E-state index is 0.518. The average molecular weight is 292 g/mol. The molecule has 1 heterocycles. The van der Waals surface area contributed by atoms with E-state index in [1.807, 2.05) is 24.4 Å². The molecule has 0 bridgehead atoms. The molecule has 2 aliphatic rings. The number of rotatable bonds is 6. The molecule has 4 rings (SSSR count). The van der Waals surface area contributed by atoms with Crippen molar-refractivity contribution in [1.82, 2.24) is 4.98 Å². The Bertz CT molecular complexity index is 656. The first kappa shape index (κ1) is 13.5. The number of nitrogens with zero attached hydrogens (tertiary/aromatic N) is 2. The molecule has 1 aromatic carbocycles. The summed E-state index contributed by atoms with van der Waals surface area (Å²) in [7, 11) is 0. The zero-order valence-corrected chi connectivity index (χ0v) is 12.6. The van der Waals surface area contributed by atoms with Gasteiger partial charge in [-0.05, 0) is 43.4 Å². The van der Waals surface area contributed by atoms with Crippen LogP contribution in [-0.2, 0) is 11.4 Å². The summed E-state index contributed by atoms with van der Waals surface area (Å²) in [5, 5.41) is 4.42. The van der Waals surface area contributed by atoms with Gasteiger partial charge < -0.3 is 4.84 Å². The molecule has 112 valence electrons. The van der Waals surface area contributed by atoms with Crippen LogP contribution in [0.2, 0.25) is 0 Å². The number of hydrogen-bond donors (Lipinski definition) is 0. The fraction of sp³-hybridized carbons (Fsp3) is 0.368. The van der Waals surface area contributed by atoms with Crippen molar-refractivity contribution in [3.8, 4) is 0 Å². The third-order valence-electron chi connectivity index (χ3n) is 4.28. The summed E-state index contributed by atoms with van der Waals surface area (Å²) in [6.45, 7) is 0.518. The summed E-state index contributed by atoms with van der Waals surface area (Å²) >= 11 is 0. The van der Waals surface area contributed by atoms with E-state index >= 15 is 0 Å². The second-order valence-corrected chi connectivity index (χ2v) is 6.26. The lowest BCUT2D eigenvalue weighted by molar-refractivity contribution is 0.130. The predicted molar refractivity (Wildman–Crippen MR) is 86.7 cm³/mol. The summed E-state index contributed by atoms with van der Waals surface area (Å²) in [6.07, 6.45) is 6.96. The number of benzene rings is 1. The highest BCUT2D eigenvalue weighted by atomic mass is 16.6. The molecular weight excluding hydrogens is 272 g/mol. The fourth-order valence-electron chi connectivity index (χ4n) is 2.65. The highest BCUT2D eigenvalue weighted by molar-refractivity contribution is 6.03. The third-order valence-corrected chi connectivity index (χ3v) is 4.28. The van der Waals surface area contributed by atoms with E-state index in [2.05, 4.69) is 34.4 Å². The van der Waals surface area contributed by atoms with Gasteiger partial charge in [0.25, 0.3) is 0 Å². The molecule has 0 unspecified atom stereocenters. The zero-order chi connectivity index (χ0) is 14.8. The van der Waals surface area contributed by atoms with Crippen LogP contribution in [0.25, 0.3) is 0 Å². The summed E-state index contributed by atoms with van der Waals surface area (Å²) in [6, 6.07) is 14.5. The standard InChI is InChI=1S/C19H20N2O/c1-2-4-14(5-3-1)13-22-21-19(16-8-9-16)17-10-11-18(20-12-17)15-6-7-15/h1-5,10-12,15-16H,6-9,13H2/b21-19+. The van der Waals surface area contributed by atoms with Crippen molar-refractivity contribution in [2.75, 3.05) is 0 Å². The van der Waals surface area contributed by atoms with Gasteiger partial charge in [-0.3, -0.25) is 4.98 Å². The Morgan fingerprint density at radius 2 is 1.86 bits per heavy atom. The number of oxime groups is 1. The maximum Gasteiger partial charge on any atom is 0.142 e. The lowest BCUT2D eigenvalue weighted by atomic mass is 10.1. The summed E-state index contributed by atoms with van der Waals surface area (Å²) in [5.74, 6) is 1.24.